The fourth-order valence-electron chi connectivity index (χ4n) is 2.94. The first-order chi connectivity index (χ1) is 14.2. The molecule has 146 valence electrons. The van der Waals surface area contributed by atoms with E-state index in [4.69, 9.17) is 0 Å². The Morgan fingerprint density at radius 1 is 0.966 bits per heavy atom. The van der Waals surface area contributed by atoms with Gasteiger partial charge in [0.25, 0.3) is 11.8 Å². The van der Waals surface area contributed by atoms with E-state index in [-0.39, 0.29) is 11.8 Å². The van der Waals surface area contributed by atoms with E-state index in [0.29, 0.717) is 23.4 Å². The Morgan fingerprint density at radius 2 is 1.79 bits per heavy atom. The van der Waals surface area contributed by atoms with Gasteiger partial charge < -0.3 is 10.6 Å². The number of benzene rings is 2. The van der Waals surface area contributed by atoms with E-state index in [9.17, 15) is 9.59 Å². The molecule has 5 nitrogen and oxygen atoms in total. The molecule has 4 aromatic rings. The molecule has 7 heteroatoms. The topological polar surface area (TPSA) is 71.1 Å². The van der Waals surface area contributed by atoms with Crippen LogP contribution in [0, 0.1) is 0 Å². The van der Waals surface area contributed by atoms with Gasteiger partial charge in [0, 0.05) is 18.3 Å². The summed E-state index contributed by atoms with van der Waals surface area (Å²) in [4.78, 5) is 29.5. The van der Waals surface area contributed by atoms with Gasteiger partial charge in [-0.25, -0.2) is 4.98 Å². The van der Waals surface area contributed by atoms with Crippen LogP contribution in [0.4, 0.5) is 5.69 Å². The fraction of sp³-hybridized carbons (Fsp3) is 0.136. The predicted molar refractivity (Wildman–Crippen MR) is 119 cm³/mol. The minimum atomic E-state index is -0.220. The molecule has 2 aromatic heterocycles. The zero-order valence-corrected chi connectivity index (χ0v) is 17.2. The lowest BCUT2D eigenvalue weighted by atomic mass is 10.1. The number of carbonyl (C=O) groups is 2. The molecule has 2 aromatic carbocycles. The van der Waals surface area contributed by atoms with Gasteiger partial charge >= 0.3 is 0 Å². The third kappa shape index (κ3) is 4.70. The Labute approximate surface area is 176 Å². The van der Waals surface area contributed by atoms with E-state index in [0.717, 1.165) is 23.4 Å². The second kappa shape index (κ2) is 8.98. The molecule has 0 bridgehead atoms. The Kier molecular flexibility index (Phi) is 5.97. The van der Waals surface area contributed by atoms with Crippen LogP contribution in [0.25, 0.3) is 10.2 Å². The maximum atomic E-state index is 12.6. The third-order valence-electron chi connectivity index (χ3n) is 4.39. The number of aromatic nitrogens is 1. The maximum absolute atomic E-state index is 12.6. The van der Waals surface area contributed by atoms with Crippen molar-refractivity contribution >= 4 is 50.4 Å². The monoisotopic (exact) mass is 421 g/mol. The Bertz CT molecular complexity index is 1100. The summed E-state index contributed by atoms with van der Waals surface area (Å²) in [6.45, 7) is 0.543. The van der Waals surface area contributed by atoms with Crippen LogP contribution in [-0.4, -0.2) is 23.3 Å². The van der Waals surface area contributed by atoms with Crippen molar-refractivity contribution in [3.05, 3.63) is 81.5 Å². The number of nitrogens with zero attached hydrogens (tertiary/aromatic N) is 1. The van der Waals surface area contributed by atoms with Gasteiger partial charge in [-0.3, -0.25) is 9.59 Å². The van der Waals surface area contributed by atoms with Crippen LogP contribution < -0.4 is 10.6 Å². The molecule has 0 unspecified atom stereocenters. The average molecular weight is 422 g/mol. The highest BCUT2D eigenvalue weighted by molar-refractivity contribution is 7.18. The number of hydrogen-bond acceptors (Lipinski definition) is 5. The molecule has 0 atom stereocenters. The molecule has 2 N–H and O–H groups in total. The second-order valence-corrected chi connectivity index (χ2v) is 8.34. The van der Waals surface area contributed by atoms with Crippen LogP contribution in [0.3, 0.4) is 0 Å². The number of para-hydroxylation sites is 2. The van der Waals surface area contributed by atoms with Gasteiger partial charge in [-0.1, -0.05) is 24.3 Å². The summed E-state index contributed by atoms with van der Waals surface area (Å²) < 4.78 is 1.18. The smallest absolute Gasteiger partial charge is 0.256 e. The molecule has 0 radical (unpaired) electrons. The van der Waals surface area contributed by atoms with Gasteiger partial charge in [-0.05, 0) is 42.1 Å². The van der Waals surface area contributed by atoms with Gasteiger partial charge in [0.15, 0.2) is 0 Å². The standard InChI is InChI=1S/C22H19N3O2S2/c26-21(15-11-13-28-14-15)25-17-7-2-1-6-16(17)22(27)23-12-5-10-20-24-18-8-3-4-9-19(18)29-20/h1-4,6-9,11,13-14H,5,10,12H2,(H,23,27)(H,25,26). The molecule has 0 saturated carbocycles. The number of thiophene rings is 1. The number of aryl methyl sites for hydroxylation is 1. The number of carbonyl (C=O) groups excluding carboxylic acids is 2. The van der Waals surface area contributed by atoms with Crippen molar-refractivity contribution in [2.24, 2.45) is 0 Å². The first-order valence-electron chi connectivity index (χ1n) is 9.26. The highest BCUT2D eigenvalue weighted by Gasteiger charge is 2.14. The van der Waals surface area contributed by atoms with Crippen LogP contribution in [0.15, 0.2) is 65.4 Å². The number of amides is 2. The van der Waals surface area contributed by atoms with Crippen LogP contribution >= 0.6 is 22.7 Å². The number of anilines is 1. The third-order valence-corrected chi connectivity index (χ3v) is 6.17. The van der Waals surface area contributed by atoms with Crippen LogP contribution in [0.5, 0.6) is 0 Å². The summed E-state index contributed by atoms with van der Waals surface area (Å²) >= 11 is 3.15. The summed E-state index contributed by atoms with van der Waals surface area (Å²) in [6, 6.07) is 16.9. The first-order valence-corrected chi connectivity index (χ1v) is 11.0. The van der Waals surface area contributed by atoms with Crippen LogP contribution in [0.1, 0.15) is 32.1 Å². The molecule has 0 saturated heterocycles. The van der Waals surface area contributed by atoms with Crippen molar-refractivity contribution in [3.8, 4) is 0 Å². The van der Waals surface area contributed by atoms with Crippen LogP contribution in [-0.2, 0) is 6.42 Å². The quantitative estimate of drug-likeness (QED) is 0.414. The second-order valence-electron chi connectivity index (χ2n) is 6.45. The summed E-state index contributed by atoms with van der Waals surface area (Å²) in [6.07, 6.45) is 1.62. The molecular formula is C22H19N3O2S2. The normalized spacial score (nSPS) is 10.8. The Morgan fingerprint density at radius 3 is 2.62 bits per heavy atom. The zero-order valence-electron chi connectivity index (χ0n) is 15.6. The van der Waals surface area contributed by atoms with Gasteiger partial charge in [0.05, 0.1) is 32.0 Å². The van der Waals surface area contributed by atoms with Crippen molar-refractivity contribution in [2.75, 3.05) is 11.9 Å². The Hall–Kier alpha value is -3.03. The van der Waals surface area contributed by atoms with Gasteiger partial charge in [-0.2, -0.15) is 11.3 Å². The first kappa shape index (κ1) is 19.3. The molecule has 0 aliphatic carbocycles. The molecule has 29 heavy (non-hydrogen) atoms. The summed E-state index contributed by atoms with van der Waals surface area (Å²) in [5.74, 6) is -0.419. The minimum Gasteiger partial charge on any atom is -0.352 e. The molecule has 0 aliphatic rings. The van der Waals surface area contributed by atoms with E-state index < -0.39 is 0 Å². The van der Waals surface area contributed by atoms with Crippen molar-refractivity contribution < 1.29 is 9.59 Å². The largest absolute Gasteiger partial charge is 0.352 e. The fourth-order valence-corrected chi connectivity index (χ4v) is 4.59. The predicted octanol–water partition coefficient (Wildman–Crippen LogP) is 4.97. The average Bonchev–Trinajstić information content (AvgIpc) is 3.41. The van der Waals surface area contributed by atoms with E-state index >= 15 is 0 Å². The highest BCUT2D eigenvalue weighted by atomic mass is 32.1. The minimum absolute atomic E-state index is 0.199. The summed E-state index contributed by atoms with van der Waals surface area (Å²) in [5, 5.41) is 10.5. The molecule has 0 aliphatic heterocycles. The van der Waals surface area contributed by atoms with Crippen LogP contribution in [0.2, 0.25) is 0 Å². The molecule has 2 amide bonds. The molecule has 4 rings (SSSR count). The Balaban J connectivity index is 1.33. The van der Waals surface area contributed by atoms with Gasteiger partial charge in [0.2, 0.25) is 0 Å². The number of nitrogens with one attached hydrogen (secondary N) is 2. The molecule has 0 fully saturated rings. The van der Waals surface area contributed by atoms with Crippen molar-refractivity contribution in [1.82, 2.24) is 10.3 Å². The summed E-state index contributed by atoms with van der Waals surface area (Å²) in [7, 11) is 0. The number of hydrogen-bond donors (Lipinski definition) is 2. The number of fused-ring (bicyclic) bond motifs is 1. The molecular weight excluding hydrogens is 402 g/mol. The zero-order chi connectivity index (χ0) is 20.1. The maximum Gasteiger partial charge on any atom is 0.256 e. The summed E-state index contributed by atoms with van der Waals surface area (Å²) in [5.41, 5.74) is 2.57. The molecule has 0 spiro atoms. The van der Waals surface area contributed by atoms with E-state index in [1.165, 1.54) is 16.0 Å². The van der Waals surface area contributed by atoms with Crippen molar-refractivity contribution in [3.63, 3.8) is 0 Å². The van der Waals surface area contributed by atoms with E-state index in [1.54, 1.807) is 47.0 Å². The lowest BCUT2D eigenvalue weighted by molar-refractivity contribution is 0.0954. The highest BCUT2D eigenvalue weighted by Crippen LogP contribution is 2.22. The van der Waals surface area contributed by atoms with Crippen molar-refractivity contribution in [1.29, 1.82) is 0 Å². The lowest BCUT2D eigenvalue weighted by Gasteiger charge is -2.11. The van der Waals surface area contributed by atoms with Crippen molar-refractivity contribution in [2.45, 2.75) is 12.8 Å². The van der Waals surface area contributed by atoms with E-state index in [1.807, 2.05) is 23.6 Å². The van der Waals surface area contributed by atoms with Gasteiger partial charge in [0.1, 0.15) is 0 Å². The lowest BCUT2D eigenvalue weighted by Crippen LogP contribution is -2.26. The van der Waals surface area contributed by atoms with Gasteiger partial charge in [-0.15, -0.1) is 11.3 Å². The number of rotatable bonds is 7. The SMILES string of the molecule is O=C(Nc1ccccc1C(=O)NCCCc1nc2ccccc2s1)c1ccsc1. The molecule has 2 heterocycles. The van der Waals surface area contributed by atoms with E-state index in [2.05, 4.69) is 21.7 Å². The number of thiazole rings is 1.